The summed E-state index contributed by atoms with van der Waals surface area (Å²) in [5.41, 5.74) is 1.89. The Morgan fingerprint density at radius 1 is 1.35 bits per heavy atom. The molecule has 96 valence electrons. The van der Waals surface area contributed by atoms with E-state index in [-0.39, 0.29) is 0 Å². The van der Waals surface area contributed by atoms with Crippen molar-refractivity contribution in [3.63, 3.8) is 0 Å². The van der Waals surface area contributed by atoms with E-state index in [1.54, 1.807) is 0 Å². The van der Waals surface area contributed by atoms with Gasteiger partial charge in [-0.15, -0.1) is 0 Å². The number of hydrogen-bond acceptors (Lipinski definition) is 2. The molecular weight excluding hydrogens is 210 g/mol. The van der Waals surface area contributed by atoms with E-state index in [4.69, 9.17) is 0 Å². The van der Waals surface area contributed by atoms with Crippen LogP contribution >= 0.6 is 0 Å². The fourth-order valence-corrected chi connectivity index (χ4v) is 3.20. The van der Waals surface area contributed by atoms with E-state index in [1.807, 2.05) is 4.68 Å². The normalized spacial score (nSPS) is 19.4. The van der Waals surface area contributed by atoms with Crippen LogP contribution in [0.25, 0.3) is 0 Å². The molecule has 1 saturated carbocycles. The summed E-state index contributed by atoms with van der Waals surface area (Å²) in [6.07, 6.45) is 12.4. The van der Waals surface area contributed by atoms with Gasteiger partial charge in [0, 0.05) is 19.3 Å². The SMILES string of the molecule is CCn1cc(CC2(CNC)CCCCC2)cn1. The number of aromatic nitrogens is 2. The van der Waals surface area contributed by atoms with Gasteiger partial charge in [0.2, 0.25) is 0 Å². The molecule has 17 heavy (non-hydrogen) atoms. The predicted octanol–water partition coefficient (Wildman–Crippen LogP) is 2.62. The van der Waals surface area contributed by atoms with Crippen molar-refractivity contribution in [1.82, 2.24) is 15.1 Å². The largest absolute Gasteiger partial charge is 0.319 e. The smallest absolute Gasteiger partial charge is 0.0521 e. The topological polar surface area (TPSA) is 29.9 Å². The van der Waals surface area contributed by atoms with E-state index < -0.39 is 0 Å². The fourth-order valence-electron chi connectivity index (χ4n) is 3.20. The van der Waals surface area contributed by atoms with Gasteiger partial charge in [-0.2, -0.15) is 5.10 Å². The van der Waals surface area contributed by atoms with E-state index >= 15 is 0 Å². The maximum Gasteiger partial charge on any atom is 0.0521 e. The molecule has 1 aromatic heterocycles. The summed E-state index contributed by atoms with van der Waals surface area (Å²) in [7, 11) is 2.08. The molecule has 0 unspecified atom stereocenters. The van der Waals surface area contributed by atoms with Crippen molar-refractivity contribution in [2.45, 2.75) is 52.0 Å². The quantitative estimate of drug-likeness (QED) is 0.850. The molecule has 0 spiro atoms. The Kier molecular flexibility index (Phi) is 4.21. The highest BCUT2D eigenvalue weighted by Gasteiger charge is 2.31. The summed E-state index contributed by atoms with van der Waals surface area (Å²) in [5, 5.41) is 7.78. The molecule has 1 fully saturated rings. The third-order valence-corrected chi connectivity index (χ3v) is 4.06. The third kappa shape index (κ3) is 3.09. The Balaban J connectivity index is 2.05. The minimum atomic E-state index is 0.481. The van der Waals surface area contributed by atoms with Crippen molar-refractivity contribution in [2.24, 2.45) is 5.41 Å². The zero-order valence-corrected chi connectivity index (χ0v) is 11.2. The first-order valence-electron chi connectivity index (χ1n) is 6.94. The molecule has 1 aliphatic rings. The van der Waals surface area contributed by atoms with E-state index in [2.05, 4.69) is 36.8 Å². The maximum absolute atomic E-state index is 4.39. The summed E-state index contributed by atoms with van der Waals surface area (Å²) >= 11 is 0. The van der Waals surface area contributed by atoms with E-state index in [0.29, 0.717) is 5.41 Å². The molecule has 1 aliphatic carbocycles. The monoisotopic (exact) mass is 235 g/mol. The first-order valence-corrected chi connectivity index (χ1v) is 6.94. The van der Waals surface area contributed by atoms with Crippen LogP contribution in [0.15, 0.2) is 12.4 Å². The lowest BCUT2D eigenvalue weighted by Crippen LogP contribution is -2.36. The van der Waals surface area contributed by atoms with Gasteiger partial charge >= 0.3 is 0 Å². The van der Waals surface area contributed by atoms with Crippen molar-refractivity contribution in [1.29, 1.82) is 0 Å². The Morgan fingerprint density at radius 3 is 2.71 bits per heavy atom. The van der Waals surface area contributed by atoms with Crippen LogP contribution < -0.4 is 5.32 Å². The van der Waals surface area contributed by atoms with Crippen molar-refractivity contribution in [3.8, 4) is 0 Å². The maximum atomic E-state index is 4.39. The lowest BCUT2D eigenvalue weighted by Gasteiger charge is -2.37. The van der Waals surface area contributed by atoms with Gasteiger partial charge in [0.25, 0.3) is 0 Å². The lowest BCUT2D eigenvalue weighted by molar-refractivity contribution is 0.185. The molecule has 0 atom stereocenters. The van der Waals surface area contributed by atoms with Crippen LogP contribution in [-0.4, -0.2) is 23.4 Å². The molecule has 0 bridgehead atoms. The van der Waals surface area contributed by atoms with Crippen LogP contribution in [0.3, 0.4) is 0 Å². The molecule has 1 N–H and O–H groups in total. The molecule has 3 nitrogen and oxygen atoms in total. The standard InChI is InChI=1S/C14H25N3/c1-3-17-11-13(10-16-17)9-14(12-15-2)7-5-4-6-8-14/h10-11,15H,3-9,12H2,1-2H3. The van der Waals surface area contributed by atoms with E-state index in [9.17, 15) is 0 Å². The summed E-state index contributed by atoms with van der Waals surface area (Å²) in [6.45, 7) is 4.25. The molecule has 3 heteroatoms. The van der Waals surface area contributed by atoms with Gasteiger partial charge in [-0.3, -0.25) is 4.68 Å². The Bertz CT molecular complexity index is 331. The summed E-state index contributed by atoms with van der Waals surface area (Å²) < 4.78 is 2.03. The zero-order valence-electron chi connectivity index (χ0n) is 11.2. The van der Waals surface area contributed by atoms with Gasteiger partial charge < -0.3 is 5.32 Å². The number of nitrogens with one attached hydrogen (secondary N) is 1. The van der Waals surface area contributed by atoms with Gasteiger partial charge in [-0.25, -0.2) is 0 Å². The zero-order chi connectivity index (χ0) is 12.1. The fraction of sp³-hybridized carbons (Fsp3) is 0.786. The van der Waals surface area contributed by atoms with Crippen LogP contribution in [-0.2, 0) is 13.0 Å². The Hall–Kier alpha value is -0.830. The molecule has 1 aromatic rings. The van der Waals surface area contributed by atoms with Crippen LogP contribution in [0.2, 0.25) is 0 Å². The van der Waals surface area contributed by atoms with Gasteiger partial charge in [-0.05, 0) is 44.2 Å². The second-order valence-corrected chi connectivity index (χ2v) is 5.47. The van der Waals surface area contributed by atoms with Crippen LogP contribution in [0.4, 0.5) is 0 Å². The number of hydrogen-bond donors (Lipinski definition) is 1. The number of aryl methyl sites for hydroxylation is 1. The van der Waals surface area contributed by atoms with Gasteiger partial charge in [-0.1, -0.05) is 19.3 Å². The minimum absolute atomic E-state index is 0.481. The van der Waals surface area contributed by atoms with Gasteiger partial charge in [0.15, 0.2) is 0 Å². The first kappa shape index (κ1) is 12.6. The molecule has 0 aromatic carbocycles. The highest BCUT2D eigenvalue weighted by atomic mass is 15.3. The van der Waals surface area contributed by atoms with Crippen LogP contribution in [0.1, 0.15) is 44.6 Å². The molecule has 0 aliphatic heterocycles. The highest BCUT2D eigenvalue weighted by molar-refractivity contribution is 5.08. The van der Waals surface area contributed by atoms with Crippen LogP contribution in [0.5, 0.6) is 0 Å². The predicted molar refractivity (Wildman–Crippen MR) is 71.0 cm³/mol. The van der Waals surface area contributed by atoms with Crippen LogP contribution in [0, 0.1) is 5.41 Å². The molecule has 2 rings (SSSR count). The molecule has 1 heterocycles. The number of nitrogens with zero attached hydrogens (tertiary/aromatic N) is 2. The van der Waals surface area contributed by atoms with Gasteiger partial charge in [0.05, 0.1) is 6.20 Å². The average Bonchev–Trinajstić information content (AvgIpc) is 2.78. The van der Waals surface area contributed by atoms with Crippen molar-refractivity contribution in [3.05, 3.63) is 18.0 Å². The third-order valence-electron chi connectivity index (χ3n) is 4.06. The Morgan fingerprint density at radius 2 is 2.12 bits per heavy atom. The molecule has 0 amide bonds. The average molecular weight is 235 g/mol. The molecule has 0 saturated heterocycles. The minimum Gasteiger partial charge on any atom is -0.319 e. The first-order chi connectivity index (χ1) is 8.28. The summed E-state index contributed by atoms with van der Waals surface area (Å²) in [5.74, 6) is 0. The van der Waals surface area contributed by atoms with E-state index in [1.165, 1.54) is 44.1 Å². The van der Waals surface area contributed by atoms with Crippen molar-refractivity contribution >= 4 is 0 Å². The van der Waals surface area contributed by atoms with Gasteiger partial charge in [0.1, 0.15) is 0 Å². The number of rotatable bonds is 5. The highest BCUT2D eigenvalue weighted by Crippen LogP contribution is 2.38. The molecule has 0 radical (unpaired) electrons. The van der Waals surface area contributed by atoms with E-state index in [0.717, 1.165) is 13.1 Å². The Labute approximate surface area is 105 Å². The lowest BCUT2D eigenvalue weighted by atomic mass is 9.70. The van der Waals surface area contributed by atoms with Crippen molar-refractivity contribution in [2.75, 3.05) is 13.6 Å². The summed E-state index contributed by atoms with van der Waals surface area (Å²) in [4.78, 5) is 0. The second kappa shape index (κ2) is 5.67. The van der Waals surface area contributed by atoms with Crippen molar-refractivity contribution < 1.29 is 0 Å². The molecular formula is C14H25N3. The summed E-state index contributed by atoms with van der Waals surface area (Å²) in [6, 6.07) is 0. The second-order valence-electron chi connectivity index (χ2n) is 5.47.